The van der Waals surface area contributed by atoms with Crippen LogP contribution in [0.2, 0.25) is 5.02 Å². The standard InChI is InChI=1S/C19H23ClN4O/c1-23-9-11-24(12-10-23)18(16-6-2-3-7-17(16)20)14-22-19(25)15-5-4-8-21-13-15/h2-8,13,18H,9-12,14H2,1H3,(H,22,25). The number of nitrogens with zero attached hydrogens (tertiary/aromatic N) is 3. The minimum absolute atomic E-state index is 0.0584. The highest BCUT2D eigenvalue weighted by molar-refractivity contribution is 6.31. The number of hydrogen-bond donors (Lipinski definition) is 1. The van der Waals surface area contributed by atoms with Gasteiger partial charge in [-0.15, -0.1) is 0 Å². The number of benzene rings is 1. The van der Waals surface area contributed by atoms with Crippen LogP contribution in [-0.4, -0.2) is 60.5 Å². The zero-order chi connectivity index (χ0) is 17.6. The van der Waals surface area contributed by atoms with Gasteiger partial charge in [-0.25, -0.2) is 0 Å². The average Bonchev–Trinajstić information content (AvgIpc) is 2.65. The normalized spacial score (nSPS) is 17.2. The van der Waals surface area contributed by atoms with Crippen LogP contribution >= 0.6 is 11.6 Å². The van der Waals surface area contributed by atoms with E-state index in [-0.39, 0.29) is 11.9 Å². The number of aromatic nitrogens is 1. The van der Waals surface area contributed by atoms with Gasteiger partial charge in [0.15, 0.2) is 0 Å². The Balaban J connectivity index is 1.75. The number of halogens is 1. The van der Waals surface area contributed by atoms with E-state index < -0.39 is 0 Å². The van der Waals surface area contributed by atoms with Crippen molar-refractivity contribution in [1.82, 2.24) is 20.1 Å². The summed E-state index contributed by atoms with van der Waals surface area (Å²) < 4.78 is 0. The molecule has 2 aromatic rings. The Labute approximate surface area is 153 Å². The molecule has 2 heterocycles. The summed E-state index contributed by atoms with van der Waals surface area (Å²) in [5.74, 6) is -0.112. The lowest BCUT2D eigenvalue weighted by Crippen LogP contribution is -2.48. The predicted molar refractivity (Wildman–Crippen MR) is 99.8 cm³/mol. The molecule has 25 heavy (non-hydrogen) atoms. The van der Waals surface area contributed by atoms with Crippen LogP contribution < -0.4 is 5.32 Å². The summed E-state index contributed by atoms with van der Waals surface area (Å²) in [6.07, 6.45) is 3.24. The number of pyridine rings is 1. The molecule has 1 aromatic carbocycles. The molecule has 1 aliphatic heterocycles. The minimum atomic E-state index is -0.112. The highest BCUT2D eigenvalue weighted by Crippen LogP contribution is 2.28. The van der Waals surface area contributed by atoms with Gasteiger partial charge in [0.25, 0.3) is 5.91 Å². The summed E-state index contributed by atoms with van der Waals surface area (Å²) in [5.41, 5.74) is 1.62. The van der Waals surface area contributed by atoms with E-state index in [9.17, 15) is 4.79 Å². The van der Waals surface area contributed by atoms with Crippen LogP contribution in [0.25, 0.3) is 0 Å². The summed E-state index contributed by atoms with van der Waals surface area (Å²) in [6, 6.07) is 11.5. The molecule has 1 fully saturated rings. The number of nitrogens with one attached hydrogen (secondary N) is 1. The first-order valence-electron chi connectivity index (χ1n) is 8.50. The second-order valence-corrected chi connectivity index (χ2v) is 6.74. The third-order valence-corrected chi connectivity index (χ3v) is 4.97. The van der Waals surface area contributed by atoms with Gasteiger partial charge in [0.2, 0.25) is 0 Å². The first kappa shape index (κ1) is 17.9. The molecule has 1 unspecified atom stereocenters. The minimum Gasteiger partial charge on any atom is -0.350 e. The molecule has 1 amide bonds. The second-order valence-electron chi connectivity index (χ2n) is 6.33. The summed E-state index contributed by atoms with van der Waals surface area (Å²) in [5, 5.41) is 3.78. The third-order valence-electron chi connectivity index (χ3n) is 4.62. The van der Waals surface area contributed by atoms with Gasteiger partial charge in [0.1, 0.15) is 0 Å². The van der Waals surface area contributed by atoms with E-state index >= 15 is 0 Å². The first-order chi connectivity index (χ1) is 12.1. The lowest BCUT2D eigenvalue weighted by Gasteiger charge is -2.38. The Kier molecular flexibility index (Phi) is 6.02. The summed E-state index contributed by atoms with van der Waals surface area (Å²) in [6.45, 7) is 4.44. The Morgan fingerprint density at radius 2 is 1.96 bits per heavy atom. The first-order valence-corrected chi connectivity index (χ1v) is 8.88. The topological polar surface area (TPSA) is 48.5 Å². The van der Waals surface area contributed by atoms with Crippen LogP contribution in [0.4, 0.5) is 0 Å². The molecule has 1 atom stereocenters. The van der Waals surface area contributed by atoms with E-state index in [1.807, 2.05) is 24.3 Å². The van der Waals surface area contributed by atoms with Crippen LogP contribution in [0.1, 0.15) is 22.0 Å². The molecule has 0 radical (unpaired) electrons. The highest BCUT2D eigenvalue weighted by atomic mass is 35.5. The Morgan fingerprint density at radius 1 is 1.20 bits per heavy atom. The number of hydrogen-bond acceptors (Lipinski definition) is 4. The fourth-order valence-electron chi connectivity index (χ4n) is 3.10. The van der Waals surface area contributed by atoms with E-state index in [0.29, 0.717) is 12.1 Å². The SMILES string of the molecule is CN1CCN(C(CNC(=O)c2cccnc2)c2ccccc2Cl)CC1. The molecule has 1 aromatic heterocycles. The second kappa shape index (κ2) is 8.43. The smallest absolute Gasteiger partial charge is 0.252 e. The molecule has 1 aliphatic rings. The average molecular weight is 359 g/mol. The van der Waals surface area contributed by atoms with E-state index in [2.05, 4.69) is 27.1 Å². The molecule has 132 valence electrons. The lowest BCUT2D eigenvalue weighted by atomic mass is 10.0. The van der Waals surface area contributed by atoms with Crippen LogP contribution in [0.15, 0.2) is 48.8 Å². The largest absolute Gasteiger partial charge is 0.350 e. The monoisotopic (exact) mass is 358 g/mol. The Hall–Kier alpha value is -1.95. The van der Waals surface area contributed by atoms with E-state index in [4.69, 9.17) is 11.6 Å². The highest BCUT2D eigenvalue weighted by Gasteiger charge is 2.26. The molecular formula is C19H23ClN4O. The van der Waals surface area contributed by atoms with Gasteiger partial charge in [-0.1, -0.05) is 29.8 Å². The van der Waals surface area contributed by atoms with Crippen LogP contribution in [0.3, 0.4) is 0 Å². The third kappa shape index (κ3) is 4.57. The maximum Gasteiger partial charge on any atom is 0.252 e. The van der Waals surface area contributed by atoms with Crippen molar-refractivity contribution in [2.75, 3.05) is 39.8 Å². The van der Waals surface area contributed by atoms with Gasteiger partial charge in [0, 0.05) is 50.1 Å². The maximum absolute atomic E-state index is 12.4. The van der Waals surface area contributed by atoms with Crippen molar-refractivity contribution in [3.8, 4) is 0 Å². The van der Waals surface area contributed by atoms with Gasteiger partial charge in [-0.3, -0.25) is 14.7 Å². The molecule has 1 N–H and O–H groups in total. The van der Waals surface area contributed by atoms with Crippen molar-refractivity contribution in [1.29, 1.82) is 0 Å². The number of carbonyl (C=O) groups excluding carboxylic acids is 1. The number of carbonyl (C=O) groups is 1. The predicted octanol–water partition coefficient (Wildman–Crippen LogP) is 2.45. The van der Waals surface area contributed by atoms with Crippen molar-refractivity contribution in [2.45, 2.75) is 6.04 Å². The van der Waals surface area contributed by atoms with E-state index in [1.54, 1.807) is 24.5 Å². The fraction of sp³-hybridized carbons (Fsp3) is 0.368. The number of amides is 1. The van der Waals surface area contributed by atoms with E-state index in [1.165, 1.54) is 0 Å². The van der Waals surface area contributed by atoms with Crippen molar-refractivity contribution in [3.05, 3.63) is 64.9 Å². The van der Waals surface area contributed by atoms with Crippen molar-refractivity contribution in [2.24, 2.45) is 0 Å². The van der Waals surface area contributed by atoms with Crippen LogP contribution in [0, 0.1) is 0 Å². The fourth-order valence-corrected chi connectivity index (χ4v) is 3.36. The van der Waals surface area contributed by atoms with Gasteiger partial charge < -0.3 is 10.2 Å². The lowest BCUT2D eigenvalue weighted by molar-refractivity contribution is 0.0886. The number of likely N-dealkylation sites (N-methyl/N-ethyl adjacent to an activating group) is 1. The molecule has 5 nitrogen and oxygen atoms in total. The zero-order valence-corrected chi connectivity index (χ0v) is 15.1. The quantitative estimate of drug-likeness (QED) is 0.892. The maximum atomic E-state index is 12.4. The molecule has 0 saturated carbocycles. The molecule has 3 rings (SSSR count). The summed E-state index contributed by atoms with van der Waals surface area (Å²) in [7, 11) is 2.13. The van der Waals surface area contributed by atoms with E-state index in [0.717, 1.165) is 36.8 Å². The molecule has 0 bridgehead atoms. The van der Waals surface area contributed by atoms with Gasteiger partial charge >= 0.3 is 0 Å². The van der Waals surface area contributed by atoms with Crippen molar-refractivity contribution < 1.29 is 4.79 Å². The van der Waals surface area contributed by atoms with Crippen LogP contribution in [0.5, 0.6) is 0 Å². The molecule has 0 spiro atoms. The number of piperazine rings is 1. The Morgan fingerprint density at radius 3 is 2.64 bits per heavy atom. The molecular weight excluding hydrogens is 336 g/mol. The zero-order valence-electron chi connectivity index (χ0n) is 14.4. The van der Waals surface area contributed by atoms with Gasteiger partial charge in [0.05, 0.1) is 11.6 Å². The van der Waals surface area contributed by atoms with Crippen LogP contribution in [-0.2, 0) is 0 Å². The molecule has 1 saturated heterocycles. The number of rotatable bonds is 5. The van der Waals surface area contributed by atoms with Gasteiger partial charge in [-0.05, 0) is 30.8 Å². The summed E-state index contributed by atoms with van der Waals surface area (Å²) in [4.78, 5) is 21.1. The Bertz CT molecular complexity index is 702. The molecule has 6 heteroatoms. The molecule has 0 aliphatic carbocycles. The van der Waals surface area contributed by atoms with Gasteiger partial charge in [-0.2, -0.15) is 0 Å². The summed E-state index contributed by atoms with van der Waals surface area (Å²) >= 11 is 6.44. The van der Waals surface area contributed by atoms with Crippen molar-refractivity contribution in [3.63, 3.8) is 0 Å². The van der Waals surface area contributed by atoms with Crippen molar-refractivity contribution >= 4 is 17.5 Å².